The van der Waals surface area contributed by atoms with E-state index in [2.05, 4.69) is 126 Å². The number of fused-ring (bicyclic) bond motifs is 1. The Morgan fingerprint density at radius 2 is 1.51 bits per heavy atom. The molecule has 3 heteroatoms. The minimum atomic E-state index is 0.0998. The number of hydrogen-bond acceptors (Lipinski definition) is 2. The molecule has 0 amide bonds. The summed E-state index contributed by atoms with van der Waals surface area (Å²) in [6.07, 6.45) is 2.28. The number of para-hydroxylation sites is 1. The minimum Gasteiger partial charge on any atom is -0.354 e. The van der Waals surface area contributed by atoms with E-state index in [0.29, 0.717) is 0 Å². The summed E-state index contributed by atoms with van der Waals surface area (Å²) in [4.78, 5) is 5.22. The lowest BCUT2D eigenvalue weighted by molar-refractivity contribution is 0.590. The van der Waals surface area contributed by atoms with E-state index in [0.717, 1.165) is 42.1 Å². The molecule has 0 atom stereocenters. The molecule has 0 aliphatic rings. The van der Waals surface area contributed by atoms with Crippen LogP contribution in [0.3, 0.4) is 0 Å². The number of imidazole rings is 1. The molecule has 0 aliphatic carbocycles. The van der Waals surface area contributed by atoms with Gasteiger partial charge in [-0.25, -0.2) is 4.98 Å². The molecule has 0 bridgehead atoms. The van der Waals surface area contributed by atoms with Crippen LogP contribution >= 0.6 is 0 Å². The Balaban J connectivity index is 1.80. The molecule has 184 valence electrons. The minimum absolute atomic E-state index is 0.0998. The molecule has 3 aromatic carbocycles. The highest BCUT2D eigenvalue weighted by molar-refractivity contribution is 5.93. The van der Waals surface area contributed by atoms with Gasteiger partial charge in [0.15, 0.2) is 0 Å². The van der Waals surface area contributed by atoms with E-state index in [4.69, 9.17) is 4.98 Å². The number of aryl methyl sites for hydroxylation is 2. The quantitative estimate of drug-likeness (QED) is 0.306. The third-order valence-electron chi connectivity index (χ3n) is 6.75. The van der Waals surface area contributed by atoms with Gasteiger partial charge in [0.1, 0.15) is 11.3 Å². The lowest BCUT2D eigenvalue weighted by Crippen LogP contribution is -2.11. The first kappa shape index (κ1) is 25.0. The van der Waals surface area contributed by atoms with Gasteiger partial charge in [-0.1, -0.05) is 91.3 Å². The van der Waals surface area contributed by atoms with Crippen molar-refractivity contribution < 1.29 is 0 Å². The van der Waals surface area contributed by atoms with Crippen LogP contribution in [0.4, 0.5) is 11.4 Å². The second kappa shape index (κ2) is 9.53. The van der Waals surface area contributed by atoms with Crippen molar-refractivity contribution in [1.29, 1.82) is 0 Å². The molecule has 4 rings (SSSR count). The van der Waals surface area contributed by atoms with Crippen LogP contribution in [-0.2, 0) is 17.4 Å². The van der Waals surface area contributed by atoms with E-state index in [1.54, 1.807) is 0 Å². The van der Waals surface area contributed by atoms with Gasteiger partial charge >= 0.3 is 0 Å². The van der Waals surface area contributed by atoms with Crippen molar-refractivity contribution in [2.75, 3.05) is 5.32 Å². The third-order valence-corrected chi connectivity index (χ3v) is 6.75. The van der Waals surface area contributed by atoms with Gasteiger partial charge in [0.25, 0.3) is 0 Å². The van der Waals surface area contributed by atoms with Gasteiger partial charge in [-0.3, -0.25) is 0 Å². The van der Waals surface area contributed by atoms with E-state index < -0.39 is 0 Å². The molecule has 0 spiro atoms. The summed E-state index contributed by atoms with van der Waals surface area (Å²) in [6.45, 7) is 18.9. The highest BCUT2D eigenvalue weighted by atomic mass is 15.1. The number of unbranched alkanes of at least 4 members (excludes halogenated alkanes) is 1. The SMILES string of the molecule is CCCCn1c(-c2ccc(C(C)(C)C)cc2)nc2c(Nc3cc(C)cc(C(C)(C)C)c3)cccc21. The maximum atomic E-state index is 5.22. The van der Waals surface area contributed by atoms with Crippen molar-refractivity contribution in [2.45, 2.75) is 85.6 Å². The van der Waals surface area contributed by atoms with E-state index in [1.807, 2.05) is 0 Å². The highest BCUT2D eigenvalue weighted by Gasteiger charge is 2.19. The lowest BCUT2D eigenvalue weighted by Gasteiger charge is -2.21. The summed E-state index contributed by atoms with van der Waals surface area (Å²) in [5.74, 6) is 1.04. The number of anilines is 2. The maximum absolute atomic E-state index is 5.22. The first-order valence-electron chi connectivity index (χ1n) is 13.0. The van der Waals surface area contributed by atoms with Crippen molar-refractivity contribution >= 4 is 22.4 Å². The average molecular weight is 468 g/mol. The number of benzene rings is 3. The number of hydrogen-bond donors (Lipinski definition) is 1. The fourth-order valence-electron chi connectivity index (χ4n) is 4.57. The molecule has 0 fully saturated rings. The molecule has 0 radical (unpaired) electrons. The molecule has 1 heterocycles. The molecule has 0 unspecified atom stereocenters. The molecular weight excluding hydrogens is 426 g/mol. The smallest absolute Gasteiger partial charge is 0.141 e. The van der Waals surface area contributed by atoms with E-state index >= 15 is 0 Å². The number of aromatic nitrogens is 2. The van der Waals surface area contributed by atoms with Gasteiger partial charge in [-0.15, -0.1) is 0 Å². The Morgan fingerprint density at radius 1 is 0.829 bits per heavy atom. The summed E-state index contributed by atoms with van der Waals surface area (Å²) >= 11 is 0. The van der Waals surface area contributed by atoms with E-state index in [-0.39, 0.29) is 10.8 Å². The summed E-state index contributed by atoms with van der Waals surface area (Å²) in [7, 11) is 0. The normalized spacial score (nSPS) is 12.3. The predicted octanol–water partition coefficient (Wildman–Crippen LogP) is 9.15. The number of nitrogens with one attached hydrogen (secondary N) is 1. The third kappa shape index (κ3) is 5.45. The average Bonchev–Trinajstić information content (AvgIpc) is 3.16. The Labute approximate surface area is 211 Å². The zero-order chi connectivity index (χ0) is 25.4. The van der Waals surface area contributed by atoms with Gasteiger partial charge in [0, 0.05) is 17.8 Å². The van der Waals surface area contributed by atoms with Crippen LogP contribution in [0.2, 0.25) is 0 Å². The molecule has 0 saturated heterocycles. The molecule has 1 N–H and O–H groups in total. The Kier molecular flexibility index (Phi) is 6.81. The number of rotatable bonds is 6. The monoisotopic (exact) mass is 467 g/mol. The summed E-state index contributed by atoms with van der Waals surface area (Å²) in [5, 5.41) is 3.70. The molecule has 0 saturated carbocycles. The molecular formula is C32H41N3. The van der Waals surface area contributed by atoms with Crippen molar-refractivity contribution in [3.8, 4) is 11.4 Å². The van der Waals surface area contributed by atoms with Crippen LogP contribution in [-0.4, -0.2) is 9.55 Å². The zero-order valence-corrected chi connectivity index (χ0v) is 22.8. The predicted molar refractivity (Wildman–Crippen MR) is 152 cm³/mol. The summed E-state index contributed by atoms with van der Waals surface area (Å²) < 4.78 is 2.40. The largest absolute Gasteiger partial charge is 0.354 e. The Bertz CT molecular complexity index is 1310. The van der Waals surface area contributed by atoms with Crippen molar-refractivity contribution in [1.82, 2.24) is 9.55 Å². The molecule has 0 aliphatic heterocycles. The van der Waals surface area contributed by atoms with Crippen molar-refractivity contribution in [3.63, 3.8) is 0 Å². The lowest BCUT2D eigenvalue weighted by atomic mass is 9.86. The Morgan fingerprint density at radius 3 is 2.14 bits per heavy atom. The summed E-state index contributed by atoms with van der Waals surface area (Å²) in [6, 6.07) is 22.2. The van der Waals surface area contributed by atoms with Crippen molar-refractivity contribution in [3.05, 3.63) is 77.4 Å². The first-order valence-corrected chi connectivity index (χ1v) is 13.0. The van der Waals surface area contributed by atoms with Crippen LogP contribution in [0.25, 0.3) is 22.4 Å². The fourth-order valence-corrected chi connectivity index (χ4v) is 4.57. The second-order valence-corrected chi connectivity index (χ2v) is 11.9. The fraction of sp³-hybridized carbons (Fsp3) is 0.406. The van der Waals surface area contributed by atoms with Gasteiger partial charge in [-0.05, 0) is 65.1 Å². The molecule has 1 aromatic heterocycles. The topological polar surface area (TPSA) is 29.9 Å². The van der Waals surface area contributed by atoms with Gasteiger partial charge < -0.3 is 9.88 Å². The Hall–Kier alpha value is -3.07. The van der Waals surface area contributed by atoms with Gasteiger partial charge in [0.2, 0.25) is 0 Å². The summed E-state index contributed by atoms with van der Waals surface area (Å²) in [5.41, 5.74) is 9.72. The van der Waals surface area contributed by atoms with Crippen molar-refractivity contribution in [2.24, 2.45) is 0 Å². The van der Waals surface area contributed by atoms with Gasteiger partial charge in [0.05, 0.1) is 11.2 Å². The molecule has 35 heavy (non-hydrogen) atoms. The van der Waals surface area contributed by atoms with Gasteiger partial charge in [-0.2, -0.15) is 0 Å². The van der Waals surface area contributed by atoms with E-state index in [1.165, 1.54) is 27.8 Å². The van der Waals surface area contributed by atoms with Crippen LogP contribution in [0.1, 0.15) is 78.0 Å². The van der Waals surface area contributed by atoms with E-state index in [9.17, 15) is 0 Å². The highest BCUT2D eigenvalue weighted by Crippen LogP contribution is 2.34. The molecule has 4 aromatic rings. The van der Waals surface area contributed by atoms with Crippen LogP contribution in [0.15, 0.2) is 60.7 Å². The number of nitrogens with zero attached hydrogens (tertiary/aromatic N) is 2. The van der Waals surface area contributed by atoms with Crippen LogP contribution < -0.4 is 5.32 Å². The first-order chi connectivity index (χ1) is 16.5. The van der Waals surface area contributed by atoms with Crippen LogP contribution in [0.5, 0.6) is 0 Å². The standard InChI is InChI=1S/C32H41N3/c1-9-10-18-35-28-13-11-12-27(33-26-20-22(2)19-25(21-26)32(6,7)8)29(28)34-30(35)23-14-16-24(17-15-23)31(3,4)5/h11-17,19-21,33H,9-10,18H2,1-8H3. The second-order valence-electron chi connectivity index (χ2n) is 11.9. The molecule has 3 nitrogen and oxygen atoms in total. The zero-order valence-electron chi connectivity index (χ0n) is 22.8. The maximum Gasteiger partial charge on any atom is 0.141 e. The van der Waals surface area contributed by atoms with Crippen LogP contribution in [0, 0.1) is 6.92 Å².